The van der Waals surface area contributed by atoms with Crippen LogP contribution in [-0.2, 0) is 4.79 Å². The smallest absolute Gasteiger partial charge is 0.223 e. The lowest BCUT2D eigenvalue weighted by molar-refractivity contribution is -0.137. The van der Waals surface area contributed by atoms with Crippen molar-refractivity contribution < 1.29 is 4.79 Å². The zero-order valence-electron chi connectivity index (χ0n) is 13.6. The Morgan fingerprint density at radius 1 is 1.10 bits per heavy atom. The van der Waals surface area contributed by atoms with E-state index in [2.05, 4.69) is 11.8 Å². The van der Waals surface area contributed by atoms with Crippen molar-refractivity contribution in [3.05, 3.63) is 0 Å². The number of nitrogens with zero attached hydrogens (tertiary/aromatic N) is 1. The highest BCUT2D eigenvalue weighted by Gasteiger charge is 2.35. The Kier molecular flexibility index (Phi) is 8.04. The number of carbonyl (C=O) groups is 1. The molecule has 2 fully saturated rings. The van der Waals surface area contributed by atoms with Gasteiger partial charge in [-0.25, -0.2) is 0 Å². The molecule has 0 aromatic rings. The predicted octanol–water partition coefficient (Wildman–Crippen LogP) is 3.89. The molecule has 21 heavy (non-hydrogen) atoms. The van der Waals surface area contributed by atoms with Gasteiger partial charge in [0.25, 0.3) is 0 Å². The molecule has 2 rings (SSSR count). The van der Waals surface area contributed by atoms with Gasteiger partial charge < -0.3 is 10.6 Å². The molecule has 0 heterocycles. The van der Waals surface area contributed by atoms with Crippen molar-refractivity contribution >= 4 is 18.3 Å². The molecule has 2 N–H and O–H groups in total. The van der Waals surface area contributed by atoms with Gasteiger partial charge in [-0.05, 0) is 44.6 Å². The molecule has 0 aromatic heterocycles. The highest BCUT2D eigenvalue weighted by molar-refractivity contribution is 5.85. The van der Waals surface area contributed by atoms with Gasteiger partial charge in [0.15, 0.2) is 0 Å². The van der Waals surface area contributed by atoms with Crippen LogP contribution in [0.15, 0.2) is 0 Å². The molecule has 0 spiro atoms. The first-order valence-corrected chi connectivity index (χ1v) is 8.70. The molecule has 1 amide bonds. The normalized spacial score (nSPS) is 22.4. The Morgan fingerprint density at radius 2 is 1.67 bits per heavy atom. The molecule has 2 aliphatic carbocycles. The fourth-order valence-electron chi connectivity index (χ4n) is 4.21. The fourth-order valence-corrected chi connectivity index (χ4v) is 4.21. The first kappa shape index (κ1) is 18.8. The summed E-state index contributed by atoms with van der Waals surface area (Å²) >= 11 is 0. The Bertz CT molecular complexity index is 310. The Balaban J connectivity index is 0.00000220. The van der Waals surface area contributed by atoms with Crippen molar-refractivity contribution in [1.82, 2.24) is 4.90 Å². The van der Waals surface area contributed by atoms with Crippen molar-refractivity contribution in [2.45, 2.75) is 83.6 Å². The van der Waals surface area contributed by atoms with Crippen LogP contribution in [0.25, 0.3) is 0 Å². The summed E-state index contributed by atoms with van der Waals surface area (Å²) in [5.41, 5.74) is 6.14. The van der Waals surface area contributed by atoms with Crippen LogP contribution < -0.4 is 5.73 Å². The zero-order valence-corrected chi connectivity index (χ0v) is 14.4. The van der Waals surface area contributed by atoms with Gasteiger partial charge in [-0.1, -0.05) is 38.5 Å². The minimum atomic E-state index is 0. The molecule has 0 aromatic carbocycles. The van der Waals surface area contributed by atoms with Gasteiger partial charge in [0, 0.05) is 19.0 Å². The van der Waals surface area contributed by atoms with Gasteiger partial charge in [0.1, 0.15) is 0 Å². The van der Waals surface area contributed by atoms with Gasteiger partial charge in [0.05, 0.1) is 0 Å². The minimum Gasteiger partial charge on any atom is -0.340 e. The van der Waals surface area contributed by atoms with Gasteiger partial charge in [-0.15, -0.1) is 12.4 Å². The van der Waals surface area contributed by atoms with Crippen LogP contribution >= 0.6 is 12.4 Å². The van der Waals surface area contributed by atoms with E-state index in [-0.39, 0.29) is 17.8 Å². The highest BCUT2D eigenvalue weighted by Crippen LogP contribution is 2.39. The van der Waals surface area contributed by atoms with Crippen LogP contribution in [0.5, 0.6) is 0 Å². The van der Waals surface area contributed by atoms with Crippen LogP contribution in [-0.4, -0.2) is 29.9 Å². The number of hydrogen-bond acceptors (Lipinski definition) is 2. The molecule has 0 unspecified atom stereocenters. The first-order chi connectivity index (χ1) is 9.71. The van der Waals surface area contributed by atoms with Gasteiger partial charge >= 0.3 is 0 Å². The van der Waals surface area contributed by atoms with Gasteiger partial charge in [-0.2, -0.15) is 0 Å². The van der Waals surface area contributed by atoms with E-state index in [1.54, 1.807) is 0 Å². The number of rotatable bonds is 5. The topological polar surface area (TPSA) is 46.3 Å². The number of carbonyl (C=O) groups excluding carboxylic acids is 1. The van der Waals surface area contributed by atoms with Crippen LogP contribution in [0.3, 0.4) is 0 Å². The van der Waals surface area contributed by atoms with Crippen LogP contribution in [0.4, 0.5) is 0 Å². The van der Waals surface area contributed by atoms with E-state index < -0.39 is 0 Å². The molecule has 4 heteroatoms. The molecule has 0 saturated heterocycles. The third-order valence-electron chi connectivity index (χ3n) is 5.55. The number of nitrogens with two attached hydrogens (primary N) is 1. The quantitative estimate of drug-likeness (QED) is 0.836. The monoisotopic (exact) mass is 316 g/mol. The molecule has 0 aliphatic heterocycles. The summed E-state index contributed by atoms with van der Waals surface area (Å²) in [5.74, 6) is 0.367. The lowest BCUT2D eigenvalue weighted by Crippen LogP contribution is -2.45. The predicted molar refractivity (Wildman–Crippen MR) is 90.7 cm³/mol. The SMILES string of the molecule is CCN(C(=O)CC1(CN)CCCCC1)C1CCCCC1.Cl. The van der Waals surface area contributed by atoms with Gasteiger partial charge in [0.2, 0.25) is 5.91 Å². The maximum absolute atomic E-state index is 12.8. The number of halogens is 1. The zero-order chi connectivity index (χ0) is 14.4. The largest absolute Gasteiger partial charge is 0.340 e. The summed E-state index contributed by atoms with van der Waals surface area (Å²) in [7, 11) is 0. The first-order valence-electron chi connectivity index (χ1n) is 8.70. The maximum Gasteiger partial charge on any atom is 0.223 e. The molecular weight excluding hydrogens is 284 g/mol. The molecule has 0 radical (unpaired) electrons. The molecule has 3 nitrogen and oxygen atoms in total. The van der Waals surface area contributed by atoms with Crippen molar-refractivity contribution in [2.75, 3.05) is 13.1 Å². The highest BCUT2D eigenvalue weighted by atomic mass is 35.5. The van der Waals surface area contributed by atoms with Crippen molar-refractivity contribution in [3.63, 3.8) is 0 Å². The summed E-state index contributed by atoms with van der Waals surface area (Å²) < 4.78 is 0. The van der Waals surface area contributed by atoms with E-state index in [9.17, 15) is 4.79 Å². The molecular formula is C17H33ClN2O. The summed E-state index contributed by atoms with van der Waals surface area (Å²) in [6.07, 6.45) is 13.1. The van der Waals surface area contributed by atoms with Crippen molar-refractivity contribution in [3.8, 4) is 0 Å². The van der Waals surface area contributed by atoms with Crippen LogP contribution in [0.1, 0.15) is 77.6 Å². The molecule has 124 valence electrons. The standard InChI is InChI=1S/C17H32N2O.ClH/c1-2-19(15-9-5-3-6-10-15)16(20)13-17(14-18)11-7-4-8-12-17;/h15H,2-14,18H2,1H3;1H. The minimum absolute atomic E-state index is 0. The van der Waals surface area contributed by atoms with E-state index in [0.29, 0.717) is 24.9 Å². The van der Waals surface area contributed by atoms with Crippen molar-refractivity contribution in [2.24, 2.45) is 11.1 Å². The second-order valence-corrected chi connectivity index (χ2v) is 6.91. The van der Waals surface area contributed by atoms with E-state index >= 15 is 0 Å². The third-order valence-corrected chi connectivity index (χ3v) is 5.55. The molecule has 2 aliphatic rings. The Morgan fingerprint density at radius 3 is 2.19 bits per heavy atom. The molecule has 0 bridgehead atoms. The van der Waals surface area contributed by atoms with E-state index in [4.69, 9.17) is 5.73 Å². The van der Waals surface area contributed by atoms with Gasteiger partial charge in [-0.3, -0.25) is 4.79 Å². The average Bonchev–Trinajstić information content (AvgIpc) is 2.50. The lowest BCUT2D eigenvalue weighted by atomic mass is 9.71. The van der Waals surface area contributed by atoms with E-state index in [1.165, 1.54) is 51.4 Å². The fraction of sp³-hybridized carbons (Fsp3) is 0.941. The van der Waals surface area contributed by atoms with E-state index in [1.807, 2.05) is 0 Å². The third kappa shape index (κ3) is 4.85. The summed E-state index contributed by atoms with van der Waals surface area (Å²) in [6, 6.07) is 0.500. The average molecular weight is 317 g/mol. The molecule has 0 atom stereocenters. The summed E-state index contributed by atoms with van der Waals surface area (Å²) in [6.45, 7) is 3.67. The van der Waals surface area contributed by atoms with E-state index in [0.717, 1.165) is 19.4 Å². The lowest BCUT2D eigenvalue weighted by Gasteiger charge is -2.40. The Labute approximate surface area is 136 Å². The van der Waals surface area contributed by atoms with Crippen molar-refractivity contribution in [1.29, 1.82) is 0 Å². The summed E-state index contributed by atoms with van der Waals surface area (Å²) in [4.78, 5) is 14.9. The maximum atomic E-state index is 12.8. The second-order valence-electron chi connectivity index (χ2n) is 6.91. The number of hydrogen-bond donors (Lipinski definition) is 1. The van der Waals surface area contributed by atoms with Crippen LogP contribution in [0.2, 0.25) is 0 Å². The second kappa shape index (κ2) is 8.99. The molecule has 2 saturated carbocycles. The number of amides is 1. The summed E-state index contributed by atoms with van der Waals surface area (Å²) in [5, 5.41) is 0. The van der Waals surface area contributed by atoms with Crippen LogP contribution in [0, 0.1) is 5.41 Å². The Hall–Kier alpha value is -0.280.